The molecule has 1 amide bonds. The zero-order chi connectivity index (χ0) is 22.0. The summed E-state index contributed by atoms with van der Waals surface area (Å²) < 4.78 is 5.46. The molecule has 0 bridgehead atoms. The average Bonchev–Trinajstić information content (AvgIpc) is 3.07. The molecular weight excluding hydrogens is 414 g/mol. The smallest absolute Gasteiger partial charge is 0.407 e. The van der Waals surface area contributed by atoms with Crippen molar-refractivity contribution in [2.24, 2.45) is 0 Å². The van der Waals surface area contributed by atoms with E-state index >= 15 is 0 Å². The van der Waals surface area contributed by atoms with Gasteiger partial charge < -0.3 is 15.2 Å². The van der Waals surface area contributed by atoms with E-state index in [1.807, 2.05) is 49.4 Å². The van der Waals surface area contributed by atoms with Crippen molar-refractivity contribution < 1.29 is 19.4 Å². The summed E-state index contributed by atoms with van der Waals surface area (Å²) in [6, 6.07) is 20.3. The van der Waals surface area contributed by atoms with Crippen LogP contribution in [0, 0.1) is 6.92 Å². The van der Waals surface area contributed by atoms with Gasteiger partial charge in [-0.25, -0.2) is 9.59 Å². The summed E-state index contributed by atoms with van der Waals surface area (Å²) in [4.78, 5) is 24.1. The molecule has 0 aromatic heterocycles. The number of benzene rings is 3. The number of aryl methyl sites for hydroxylation is 1. The van der Waals surface area contributed by atoms with E-state index in [1.54, 1.807) is 12.1 Å². The van der Waals surface area contributed by atoms with Crippen LogP contribution in [0.4, 0.5) is 4.79 Å². The molecule has 158 valence electrons. The third kappa shape index (κ3) is 4.42. The highest BCUT2D eigenvalue weighted by atomic mass is 35.5. The molecule has 4 rings (SSSR count). The number of carboxylic acid groups (broad SMARTS) is 1. The maximum absolute atomic E-state index is 12.4. The maximum atomic E-state index is 12.4. The standard InChI is InChI=1S/C25H22ClNO4/c1-15-10-11-16(22(26)12-15)13-23(24(28)29)27-25(30)31-14-21-19-8-4-2-6-17(19)18-7-3-5-9-20(18)21/h2-12,21,23H,13-14H2,1H3,(H,27,30)(H,28,29)/t23-/m0/s1. The van der Waals surface area contributed by atoms with Gasteiger partial charge in [-0.05, 0) is 46.4 Å². The molecule has 0 saturated carbocycles. The number of amides is 1. The number of hydrogen-bond acceptors (Lipinski definition) is 3. The van der Waals surface area contributed by atoms with Crippen molar-refractivity contribution in [3.05, 3.63) is 94.0 Å². The highest BCUT2D eigenvalue weighted by molar-refractivity contribution is 6.31. The van der Waals surface area contributed by atoms with Crippen LogP contribution in [0.25, 0.3) is 11.1 Å². The highest BCUT2D eigenvalue weighted by Crippen LogP contribution is 2.44. The predicted octanol–water partition coefficient (Wildman–Crippen LogP) is 5.18. The lowest BCUT2D eigenvalue weighted by Gasteiger charge is -2.18. The van der Waals surface area contributed by atoms with Gasteiger partial charge in [-0.1, -0.05) is 72.3 Å². The molecule has 5 nitrogen and oxygen atoms in total. The van der Waals surface area contributed by atoms with Crippen LogP contribution in [0.2, 0.25) is 5.02 Å². The molecule has 1 aliphatic carbocycles. The van der Waals surface area contributed by atoms with Gasteiger partial charge in [-0.15, -0.1) is 0 Å². The SMILES string of the molecule is Cc1ccc(C[C@H](NC(=O)OCC2c3ccccc3-c3ccccc32)C(=O)O)c(Cl)c1. The van der Waals surface area contributed by atoms with Crippen LogP contribution < -0.4 is 5.32 Å². The van der Waals surface area contributed by atoms with Crippen molar-refractivity contribution in [1.82, 2.24) is 5.32 Å². The number of halogens is 1. The van der Waals surface area contributed by atoms with Crippen LogP contribution in [0.15, 0.2) is 66.7 Å². The van der Waals surface area contributed by atoms with E-state index < -0.39 is 18.1 Å². The minimum atomic E-state index is -1.15. The number of rotatable bonds is 6. The van der Waals surface area contributed by atoms with Crippen LogP contribution >= 0.6 is 11.6 Å². The minimum Gasteiger partial charge on any atom is -0.480 e. The number of aliphatic carboxylic acids is 1. The Morgan fingerprint density at radius 1 is 1.03 bits per heavy atom. The molecule has 0 saturated heterocycles. The number of carbonyl (C=O) groups excluding carboxylic acids is 1. The molecule has 0 radical (unpaired) electrons. The molecule has 0 spiro atoms. The second-order valence-corrected chi connectivity index (χ2v) is 8.07. The van der Waals surface area contributed by atoms with Gasteiger partial charge in [0.1, 0.15) is 12.6 Å². The van der Waals surface area contributed by atoms with Gasteiger partial charge in [0.25, 0.3) is 0 Å². The largest absolute Gasteiger partial charge is 0.480 e. The molecule has 1 aliphatic rings. The second kappa shape index (κ2) is 8.82. The molecule has 31 heavy (non-hydrogen) atoms. The first kappa shape index (κ1) is 20.9. The van der Waals surface area contributed by atoms with Gasteiger partial charge in [0.05, 0.1) is 0 Å². The Bertz CT molecular complexity index is 1100. The first-order chi connectivity index (χ1) is 14.9. The van der Waals surface area contributed by atoms with E-state index in [0.29, 0.717) is 10.6 Å². The molecule has 0 heterocycles. The normalized spacial score (nSPS) is 13.2. The number of hydrogen-bond donors (Lipinski definition) is 2. The Morgan fingerprint density at radius 2 is 1.65 bits per heavy atom. The number of nitrogens with one attached hydrogen (secondary N) is 1. The molecule has 3 aromatic rings. The third-order valence-electron chi connectivity index (χ3n) is 5.57. The molecular formula is C25H22ClNO4. The first-order valence-electron chi connectivity index (χ1n) is 10.0. The highest BCUT2D eigenvalue weighted by Gasteiger charge is 2.30. The second-order valence-electron chi connectivity index (χ2n) is 7.66. The summed E-state index contributed by atoms with van der Waals surface area (Å²) in [7, 11) is 0. The first-order valence-corrected chi connectivity index (χ1v) is 10.4. The van der Waals surface area contributed by atoms with Crippen molar-refractivity contribution in [2.45, 2.75) is 25.3 Å². The van der Waals surface area contributed by atoms with Crippen molar-refractivity contribution in [3.63, 3.8) is 0 Å². The van der Waals surface area contributed by atoms with E-state index in [2.05, 4.69) is 17.4 Å². The van der Waals surface area contributed by atoms with Crippen molar-refractivity contribution in [2.75, 3.05) is 6.61 Å². The fourth-order valence-electron chi connectivity index (χ4n) is 4.02. The minimum absolute atomic E-state index is 0.0681. The monoisotopic (exact) mass is 435 g/mol. The van der Waals surface area contributed by atoms with Crippen LogP contribution in [0.1, 0.15) is 28.2 Å². The lowest BCUT2D eigenvalue weighted by Crippen LogP contribution is -2.43. The van der Waals surface area contributed by atoms with Crippen molar-refractivity contribution >= 4 is 23.7 Å². The van der Waals surface area contributed by atoms with Crippen LogP contribution in [0.5, 0.6) is 0 Å². The molecule has 0 fully saturated rings. The third-order valence-corrected chi connectivity index (χ3v) is 5.92. The van der Waals surface area contributed by atoms with Gasteiger partial charge in [-0.2, -0.15) is 0 Å². The number of fused-ring (bicyclic) bond motifs is 3. The van der Waals surface area contributed by atoms with E-state index in [9.17, 15) is 14.7 Å². The molecule has 1 atom stereocenters. The summed E-state index contributed by atoms with van der Waals surface area (Å²) in [5.41, 5.74) is 6.08. The quantitative estimate of drug-likeness (QED) is 0.559. The summed E-state index contributed by atoms with van der Waals surface area (Å²) in [5.74, 6) is -1.24. The van der Waals surface area contributed by atoms with Gasteiger partial charge in [-0.3, -0.25) is 0 Å². The van der Waals surface area contributed by atoms with E-state index in [4.69, 9.17) is 16.3 Å². The molecule has 3 aromatic carbocycles. The Kier molecular flexibility index (Phi) is 5.96. The zero-order valence-corrected chi connectivity index (χ0v) is 17.7. The summed E-state index contributed by atoms with van der Waals surface area (Å²) in [6.07, 6.45) is -0.698. The molecule has 6 heteroatoms. The fourth-order valence-corrected chi connectivity index (χ4v) is 4.33. The fraction of sp³-hybridized carbons (Fsp3) is 0.200. The molecule has 0 aliphatic heterocycles. The van der Waals surface area contributed by atoms with Gasteiger partial charge in [0.15, 0.2) is 0 Å². The predicted molar refractivity (Wildman–Crippen MR) is 120 cm³/mol. The Hall–Kier alpha value is -3.31. The lowest BCUT2D eigenvalue weighted by atomic mass is 9.98. The lowest BCUT2D eigenvalue weighted by molar-refractivity contribution is -0.139. The zero-order valence-electron chi connectivity index (χ0n) is 17.0. The molecule has 2 N–H and O–H groups in total. The number of carboxylic acids is 1. The summed E-state index contributed by atoms with van der Waals surface area (Å²) in [6.45, 7) is 2.02. The van der Waals surface area contributed by atoms with Crippen LogP contribution in [-0.2, 0) is 16.0 Å². The van der Waals surface area contributed by atoms with Gasteiger partial charge in [0, 0.05) is 17.4 Å². The molecule has 0 unspecified atom stereocenters. The van der Waals surface area contributed by atoms with Crippen molar-refractivity contribution in [3.8, 4) is 11.1 Å². The Labute approximate surface area is 185 Å². The van der Waals surface area contributed by atoms with Crippen LogP contribution in [0.3, 0.4) is 0 Å². The Morgan fingerprint density at radius 3 is 2.23 bits per heavy atom. The average molecular weight is 436 g/mol. The Balaban J connectivity index is 1.44. The van der Waals surface area contributed by atoms with E-state index in [-0.39, 0.29) is 18.9 Å². The summed E-state index contributed by atoms with van der Waals surface area (Å²) in [5, 5.41) is 12.5. The maximum Gasteiger partial charge on any atom is 0.407 e. The van der Waals surface area contributed by atoms with E-state index in [1.165, 1.54) is 0 Å². The summed E-state index contributed by atoms with van der Waals surface area (Å²) >= 11 is 6.22. The number of carbonyl (C=O) groups is 2. The van der Waals surface area contributed by atoms with Crippen molar-refractivity contribution in [1.29, 1.82) is 0 Å². The van der Waals surface area contributed by atoms with Gasteiger partial charge in [0.2, 0.25) is 0 Å². The van der Waals surface area contributed by atoms with Gasteiger partial charge >= 0.3 is 12.1 Å². The number of alkyl carbamates (subject to hydrolysis) is 1. The topological polar surface area (TPSA) is 75.6 Å². The van der Waals surface area contributed by atoms with Crippen LogP contribution in [-0.4, -0.2) is 29.8 Å². The van der Waals surface area contributed by atoms with E-state index in [0.717, 1.165) is 27.8 Å². The number of ether oxygens (including phenoxy) is 1.